The molecule has 0 amide bonds. The molecule has 3 rings (SSSR count). The van der Waals surface area contributed by atoms with Crippen molar-refractivity contribution in [2.24, 2.45) is 5.73 Å². The SMILES string of the molecule is NC(C1CCc2cccnc21)C1CCCCS1(=O)=O. The fourth-order valence-electron chi connectivity index (χ4n) is 3.49. The van der Waals surface area contributed by atoms with Crippen LogP contribution in [0.15, 0.2) is 18.3 Å². The molecule has 0 saturated carbocycles. The van der Waals surface area contributed by atoms with Gasteiger partial charge in [0.1, 0.15) is 0 Å². The number of rotatable bonds is 2. The van der Waals surface area contributed by atoms with Crippen LogP contribution in [0.3, 0.4) is 0 Å². The summed E-state index contributed by atoms with van der Waals surface area (Å²) in [5, 5.41) is -0.376. The molecule has 3 atom stereocenters. The van der Waals surface area contributed by atoms with E-state index < -0.39 is 9.84 Å². The predicted octanol–water partition coefficient (Wildman–Crippen LogP) is 1.41. The first-order chi connectivity index (χ1) is 9.09. The molecule has 2 aliphatic rings. The van der Waals surface area contributed by atoms with Crippen molar-refractivity contribution in [1.29, 1.82) is 0 Å². The number of fused-ring (bicyclic) bond motifs is 1. The van der Waals surface area contributed by atoms with Gasteiger partial charge in [0, 0.05) is 23.9 Å². The standard InChI is InChI=1S/C14H20N2O2S/c15-13(12-5-1-2-9-19(12,17)18)11-7-6-10-4-3-8-16-14(10)11/h3-4,8,11-13H,1-2,5-7,9,15H2. The van der Waals surface area contributed by atoms with Crippen LogP contribution in [0.1, 0.15) is 42.9 Å². The van der Waals surface area contributed by atoms with Gasteiger partial charge in [-0.05, 0) is 37.3 Å². The molecule has 1 aliphatic carbocycles. The first kappa shape index (κ1) is 13.1. The van der Waals surface area contributed by atoms with Crippen LogP contribution in [-0.4, -0.2) is 30.4 Å². The van der Waals surface area contributed by atoms with Gasteiger partial charge < -0.3 is 5.73 Å². The van der Waals surface area contributed by atoms with Crippen LogP contribution in [0.5, 0.6) is 0 Å². The summed E-state index contributed by atoms with van der Waals surface area (Å²) in [4.78, 5) is 4.43. The van der Waals surface area contributed by atoms with Crippen LogP contribution in [0.2, 0.25) is 0 Å². The van der Waals surface area contributed by atoms with Gasteiger partial charge in [-0.15, -0.1) is 0 Å². The van der Waals surface area contributed by atoms with Crippen molar-refractivity contribution in [3.8, 4) is 0 Å². The summed E-state index contributed by atoms with van der Waals surface area (Å²) in [5.41, 5.74) is 8.58. The van der Waals surface area contributed by atoms with E-state index in [-0.39, 0.29) is 17.2 Å². The monoisotopic (exact) mass is 280 g/mol. The maximum Gasteiger partial charge on any atom is 0.154 e. The van der Waals surface area contributed by atoms with E-state index in [1.54, 1.807) is 6.20 Å². The number of aromatic nitrogens is 1. The second-order valence-corrected chi connectivity index (χ2v) is 8.01. The molecule has 4 nitrogen and oxygen atoms in total. The number of sulfone groups is 1. The summed E-state index contributed by atoms with van der Waals surface area (Å²) in [7, 11) is -3.02. The van der Waals surface area contributed by atoms with E-state index in [1.807, 2.05) is 6.07 Å². The minimum absolute atomic E-state index is 0.106. The van der Waals surface area contributed by atoms with E-state index >= 15 is 0 Å². The van der Waals surface area contributed by atoms with Crippen LogP contribution in [0.25, 0.3) is 0 Å². The minimum atomic E-state index is -3.02. The third kappa shape index (κ3) is 2.30. The van der Waals surface area contributed by atoms with Crippen molar-refractivity contribution in [3.63, 3.8) is 0 Å². The highest BCUT2D eigenvalue weighted by Crippen LogP contribution is 2.37. The van der Waals surface area contributed by atoms with Crippen LogP contribution >= 0.6 is 0 Å². The Balaban J connectivity index is 1.87. The molecule has 0 aromatic carbocycles. The molecule has 0 bridgehead atoms. The molecule has 1 aromatic heterocycles. The summed E-state index contributed by atoms with van der Waals surface area (Å²) in [5.74, 6) is 0.404. The molecule has 1 fully saturated rings. The number of aryl methyl sites for hydroxylation is 1. The molecule has 5 heteroatoms. The Kier molecular flexibility index (Phi) is 3.35. The normalized spacial score (nSPS) is 30.8. The molecule has 1 aromatic rings. The van der Waals surface area contributed by atoms with E-state index in [0.29, 0.717) is 12.2 Å². The van der Waals surface area contributed by atoms with Gasteiger partial charge in [-0.3, -0.25) is 4.98 Å². The van der Waals surface area contributed by atoms with E-state index in [0.717, 1.165) is 31.4 Å². The van der Waals surface area contributed by atoms with E-state index in [4.69, 9.17) is 5.73 Å². The van der Waals surface area contributed by atoms with Gasteiger partial charge in [-0.2, -0.15) is 0 Å². The maximum absolute atomic E-state index is 12.2. The first-order valence-electron chi connectivity index (χ1n) is 7.00. The Morgan fingerprint density at radius 1 is 1.32 bits per heavy atom. The van der Waals surface area contributed by atoms with E-state index in [2.05, 4.69) is 11.1 Å². The number of hydrogen-bond donors (Lipinski definition) is 1. The highest BCUT2D eigenvalue weighted by molar-refractivity contribution is 7.92. The Hall–Kier alpha value is -0.940. The third-order valence-electron chi connectivity index (χ3n) is 4.52. The van der Waals surface area contributed by atoms with Gasteiger partial charge in [0.15, 0.2) is 9.84 Å². The van der Waals surface area contributed by atoms with Crippen LogP contribution < -0.4 is 5.73 Å². The largest absolute Gasteiger partial charge is 0.326 e. The van der Waals surface area contributed by atoms with Gasteiger partial charge in [-0.25, -0.2) is 8.42 Å². The lowest BCUT2D eigenvalue weighted by molar-refractivity contribution is 0.443. The summed E-state index contributed by atoms with van der Waals surface area (Å²) in [6, 6.07) is 3.70. The molecule has 2 N–H and O–H groups in total. The Bertz CT molecular complexity index is 571. The van der Waals surface area contributed by atoms with Crippen molar-refractivity contribution >= 4 is 9.84 Å². The molecule has 0 spiro atoms. The molecule has 1 aliphatic heterocycles. The molecule has 2 heterocycles. The molecule has 0 radical (unpaired) electrons. The second kappa shape index (κ2) is 4.87. The van der Waals surface area contributed by atoms with Crippen LogP contribution in [-0.2, 0) is 16.3 Å². The van der Waals surface area contributed by atoms with Gasteiger partial charge in [0.25, 0.3) is 0 Å². The lowest BCUT2D eigenvalue weighted by atomic mass is 9.92. The Labute approximate surface area is 114 Å². The summed E-state index contributed by atoms with van der Waals surface area (Å²) < 4.78 is 24.4. The van der Waals surface area contributed by atoms with Gasteiger partial charge in [0.2, 0.25) is 0 Å². The zero-order chi connectivity index (χ0) is 13.5. The van der Waals surface area contributed by atoms with Crippen molar-refractivity contribution in [2.75, 3.05) is 5.75 Å². The number of hydrogen-bond acceptors (Lipinski definition) is 4. The van der Waals surface area contributed by atoms with Gasteiger partial charge in [0.05, 0.1) is 11.0 Å². The van der Waals surface area contributed by atoms with Crippen molar-refractivity contribution in [1.82, 2.24) is 4.98 Å². The highest BCUT2D eigenvalue weighted by Gasteiger charge is 2.40. The molecule has 3 unspecified atom stereocenters. The smallest absolute Gasteiger partial charge is 0.154 e. The van der Waals surface area contributed by atoms with Crippen LogP contribution in [0, 0.1) is 0 Å². The first-order valence-corrected chi connectivity index (χ1v) is 8.72. The summed E-state index contributed by atoms with van der Waals surface area (Å²) >= 11 is 0. The van der Waals surface area contributed by atoms with Crippen molar-refractivity contribution in [2.45, 2.75) is 49.3 Å². The quantitative estimate of drug-likeness (QED) is 0.889. The van der Waals surface area contributed by atoms with E-state index in [1.165, 1.54) is 5.56 Å². The number of nitrogens with zero attached hydrogens (tertiary/aromatic N) is 1. The maximum atomic E-state index is 12.2. The summed E-state index contributed by atoms with van der Waals surface area (Å²) in [6.07, 6.45) is 6.14. The molecule has 1 saturated heterocycles. The number of pyridine rings is 1. The zero-order valence-electron chi connectivity index (χ0n) is 11.0. The minimum Gasteiger partial charge on any atom is -0.326 e. The lowest BCUT2D eigenvalue weighted by Crippen LogP contribution is -2.46. The topological polar surface area (TPSA) is 73.0 Å². The molecular weight excluding hydrogens is 260 g/mol. The van der Waals surface area contributed by atoms with Gasteiger partial charge in [-0.1, -0.05) is 12.5 Å². The van der Waals surface area contributed by atoms with Crippen LogP contribution in [0.4, 0.5) is 0 Å². The molecular formula is C14H20N2O2S. The molecule has 104 valence electrons. The zero-order valence-corrected chi connectivity index (χ0v) is 11.8. The summed E-state index contributed by atoms with van der Waals surface area (Å²) in [6.45, 7) is 0. The molecule has 19 heavy (non-hydrogen) atoms. The Morgan fingerprint density at radius 3 is 2.95 bits per heavy atom. The fraction of sp³-hybridized carbons (Fsp3) is 0.643. The third-order valence-corrected chi connectivity index (χ3v) is 6.85. The fourth-order valence-corrected chi connectivity index (χ4v) is 5.59. The number of nitrogens with two attached hydrogens (primary N) is 1. The van der Waals surface area contributed by atoms with Crippen molar-refractivity contribution in [3.05, 3.63) is 29.6 Å². The highest BCUT2D eigenvalue weighted by atomic mass is 32.2. The van der Waals surface area contributed by atoms with Gasteiger partial charge >= 0.3 is 0 Å². The second-order valence-electron chi connectivity index (χ2n) is 5.67. The average Bonchev–Trinajstić information content (AvgIpc) is 2.81. The van der Waals surface area contributed by atoms with Crippen molar-refractivity contribution < 1.29 is 8.42 Å². The van der Waals surface area contributed by atoms with E-state index in [9.17, 15) is 8.42 Å². The average molecular weight is 280 g/mol. The predicted molar refractivity (Wildman–Crippen MR) is 74.7 cm³/mol. The lowest BCUT2D eigenvalue weighted by Gasteiger charge is -2.31. The Morgan fingerprint density at radius 2 is 2.16 bits per heavy atom.